The Morgan fingerprint density at radius 2 is 1.83 bits per heavy atom. The highest BCUT2D eigenvalue weighted by Gasteiger charge is 2.34. The molecule has 1 aliphatic rings. The minimum absolute atomic E-state index is 0.250. The summed E-state index contributed by atoms with van der Waals surface area (Å²) in [7, 11) is 0. The molecule has 0 heterocycles. The van der Waals surface area contributed by atoms with Crippen molar-refractivity contribution in [2.45, 2.75) is 24.4 Å². The minimum Gasteiger partial charge on any atom is -0.392 e. The van der Waals surface area contributed by atoms with E-state index in [-0.39, 0.29) is 12.2 Å². The van der Waals surface area contributed by atoms with E-state index in [9.17, 15) is 10.2 Å². The zero-order valence-corrected chi connectivity index (χ0v) is 6.46. The van der Waals surface area contributed by atoms with Crippen molar-refractivity contribution in [2.24, 2.45) is 5.73 Å². The van der Waals surface area contributed by atoms with Gasteiger partial charge in [-0.15, -0.1) is 0 Å². The molecule has 12 heavy (non-hydrogen) atoms. The zero-order chi connectivity index (χ0) is 9.30. The van der Waals surface area contributed by atoms with Crippen LogP contribution in [0.15, 0.2) is 11.6 Å². The fourth-order valence-electron chi connectivity index (χ4n) is 1.22. The van der Waals surface area contributed by atoms with E-state index in [1.54, 1.807) is 0 Å². The Bertz CT molecular complexity index is 194. The van der Waals surface area contributed by atoms with E-state index >= 15 is 0 Å². The first-order valence-corrected chi connectivity index (χ1v) is 3.69. The Balaban J connectivity index is 2.84. The predicted octanol–water partition coefficient (Wildman–Crippen LogP) is -2.67. The molecule has 1 aliphatic carbocycles. The fraction of sp³-hybridized carbons (Fsp3) is 0.714. The molecule has 4 atom stereocenters. The molecule has 0 aromatic rings. The summed E-state index contributed by atoms with van der Waals surface area (Å²) < 4.78 is 0. The molecule has 5 heteroatoms. The SMILES string of the molecule is N[C@@H]1C=C(CO)C(O)C(O)C1O. The standard InChI is InChI=1S/C7H13NO4/c8-4-1-3(2-9)5(10)7(12)6(4)11/h1,4-7,9-12H,2,8H2/t4-,5?,6?,7?/m1/s1. The van der Waals surface area contributed by atoms with Gasteiger partial charge in [-0.2, -0.15) is 0 Å². The van der Waals surface area contributed by atoms with E-state index in [1.165, 1.54) is 6.08 Å². The average Bonchev–Trinajstić information content (AvgIpc) is 2.08. The Morgan fingerprint density at radius 3 is 2.33 bits per heavy atom. The molecule has 0 spiro atoms. The van der Waals surface area contributed by atoms with E-state index < -0.39 is 24.4 Å². The Morgan fingerprint density at radius 1 is 1.25 bits per heavy atom. The molecule has 6 N–H and O–H groups in total. The van der Waals surface area contributed by atoms with Crippen LogP contribution in [0.25, 0.3) is 0 Å². The van der Waals surface area contributed by atoms with Crippen LogP contribution in [0.1, 0.15) is 0 Å². The van der Waals surface area contributed by atoms with Crippen LogP contribution in [0.3, 0.4) is 0 Å². The maximum atomic E-state index is 9.23. The molecule has 0 aliphatic heterocycles. The monoisotopic (exact) mass is 175 g/mol. The largest absolute Gasteiger partial charge is 0.392 e. The molecule has 0 amide bonds. The lowest BCUT2D eigenvalue weighted by Crippen LogP contribution is -2.52. The summed E-state index contributed by atoms with van der Waals surface area (Å²) in [5.41, 5.74) is 5.64. The Kier molecular flexibility index (Phi) is 2.81. The Hall–Kier alpha value is -0.460. The molecule has 0 aromatic carbocycles. The first-order valence-electron chi connectivity index (χ1n) is 3.69. The van der Waals surface area contributed by atoms with E-state index in [4.69, 9.17) is 15.9 Å². The van der Waals surface area contributed by atoms with E-state index in [1.807, 2.05) is 0 Å². The van der Waals surface area contributed by atoms with Gasteiger partial charge >= 0.3 is 0 Å². The predicted molar refractivity (Wildman–Crippen MR) is 41.2 cm³/mol. The van der Waals surface area contributed by atoms with Gasteiger partial charge < -0.3 is 26.2 Å². The second-order valence-corrected chi connectivity index (χ2v) is 2.90. The summed E-state index contributed by atoms with van der Waals surface area (Å²) in [5, 5.41) is 36.3. The molecule has 0 saturated heterocycles. The highest BCUT2D eigenvalue weighted by Crippen LogP contribution is 2.18. The number of aliphatic hydroxyl groups excluding tert-OH is 4. The van der Waals surface area contributed by atoms with E-state index in [0.29, 0.717) is 0 Å². The minimum atomic E-state index is -1.31. The maximum Gasteiger partial charge on any atom is 0.111 e. The lowest BCUT2D eigenvalue weighted by Gasteiger charge is -2.32. The third kappa shape index (κ3) is 1.50. The average molecular weight is 175 g/mol. The van der Waals surface area contributed by atoms with Gasteiger partial charge in [-0.25, -0.2) is 0 Å². The van der Waals surface area contributed by atoms with Crippen molar-refractivity contribution >= 4 is 0 Å². The third-order valence-corrected chi connectivity index (χ3v) is 2.04. The molecule has 0 radical (unpaired) electrons. The number of hydrogen-bond donors (Lipinski definition) is 5. The fourth-order valence-corrected chi connectivity index (χ4v) is 1.22. The van der Waals surface area contributed by atoms with Crippen molar-refractivity contribution in [3.8, 4) is 0 Å². The normalized spacial score (nSPS) is 42.6. The molecule has 5 nitrogen and oxygen atoms in total. The van der Waals surface area contributed by atoms with Crippen LogP contribution < -0.4 is 5.73 Å². The second kappa shape index (κ2) is 3.51. The number of hydrogen-bond acceptors (Lipinski definition) is 5. The number of nitrogens with two attached hydrogens (primary N) is 1. The van der Waals surface area contributed by atoms with Gasteiger partial charge in [0.25, 0.3) is 0 Å². The summed E-state index contributed by atoms with van der Waals surface area (Å²) in [6.07, 6.45) is -2.34. The summed E-state index contributed by atoms with van der Waals surface area (Å²) in [6, 6.07) is -0.731. The van der Waals surface area contributed by atoms with Crippen molar-refractivity contribution < 1.29 is 20.4 Å². The van der Waals surface area contributed by atoms with Gasteiger partial charge in [-0.1, -0.05) is 6.08 Å². The highest BCUT2D eigenvalue weighted by atomic mass is 16.4. The van der Waals surface area contributed by atoms with Gasteiger partial charge in [0.05, 0.1) is 12.6 Å². The highest BCUT2D eigenvalue weighted by molar-refractivity contribution is 5.20. The van der Waals surface area contributed by atoms with Crippen molar-refractivity contribution in [3.05, 3.63) is 11.6 Å². The van der Waals surface area contributed by atoms with Crippen molar-refractivity contribution in [2.75, 3.05) is 6.61 Å². The van der Waals surface area contributed by atoms with Gasteiger partial charge in [-0.05, 0) is 5.57 Å². The molecule has 1 rings (SSSR count). The quantitative estimate of drug-likeness (QED) is 0.279. The molecule has 0 saturated carbocycles. The lowest BCUT2D eigenvalue weighted by atomic mass is 9.89. The molecular weight excluding hydrogens is 162 g/mol. The van der Waals surface area contributed by atoms with Gasteiger partial charge in [0.2, 0.25) is 0 Å². The summed E-state index contributed by atoms with van der Waals surface area (Å²) >= 11 is 0. The van der Waals surface area contributed by atoms with Crippen molar-refractivity contribution in [3.63, 3.8) is 0 Å². The molecular formula is C7H13NO4. The van der Waals surface area contributed by atoms with E-state index in [2.05, 4.69) is 0 Å². The molecule has 0 aromatic heterocycles. The van der Waals surface area contributed by atoms with Crippen molar-refractivity contribution in [1.82, 2.24) is 0 Å². The van der Waals surface area contributed by atoms with Gasteiger partial charge in [0.1, 0.15) is 18.3 Å². The lowest BCUT2D eigenvalue weighted by molar-refractivity contribution is -0.0596. The van der Waals surface area contributed by atoms with Crippen molar-refractivity contribution in [1.29, 1.82) is 0 Å². The van der Waals surface area contributed by atoms with Crippen LogP contribution in [0.4, 0.5) is 0 Å². The molecule has 0 bridgehead atoms. The summed E-state index contributed by atoms with van der Waals surface area (Å²) in [4.78, 5) is 0. The van der Waals surface area contributed by atoms with Crippen LogP contribution >= 0.6 is 0 Å². The van der Waals surface area contributed by atoms with Crippen LogP contribution in [0.2, 0.25) is 0 Å². The topological polar surface area (TPSA) is 107 Å². The Labute approximate surface area is 69.8 Å². The summed E-state index contributed by atoms with van der Waals surface area (Å²) in [5.74, 6) is 0. The summed E-state index contributed by atoms with van der Waals surface area (Å²) in [6.45, 7) is -0.362. The molecule has 0 fully saturated rings. The smallest absolute Gasteiger partial charge is 0.111 e. The zero-order valence-electron chi connectivity index (χ0n) is 6.46. The molecule has 70 valence electrons. The molecule has 3 unspecified atom stereocenters. The number of aliphatic hydroxyl groups is 4. The third-order valence-electron chi connectivity index (χ3n) is 2.04. The van der Waals surface area contributed by atoms with Crippen LogP contribution in [-0.2, 0) is 0 Å². The van der Waals surface area contributed by atoms with Gasteiger partial charge in [0.15, 0.2) is 0 Å². The van der Waals surface area contributed by atoms with E-state index in [0.717, 1.165) is 0 Å². The second-order valence-electron chi connectivity index (χ2n) is 2.90. The van der Waals surface area contributed by atoms with Gasteiger partial charge in [0, 0.05) is 0 Å². The van der Waals surface area contributed by atoms with Crippen LogP contribution in [0.5, 0.6) is 0 Å². The van der Waals surface area contributed by atoms with Gasteiger partial charge in [-0.3, -0.25) is 0 Å². The first-order chi connectivity index (χ1) is 5.57. The first kappa shape index (κ1) is 9.63. The van der Waals surface area contributed by atoms with Crippen LogP contribution in [0, 0.1) is 0 Å². The maximum absolute atomic E-state index is 9.23. The number of rotatable bonds is 1. The van der Waals surface area contributed by atoms with Crippen LogP contribution in [-0.4, -0.2) is 51.4 Å².